The van der Waals surface area contributed by atoms with Gasteiger partial charge in [0.1, 0.15) is 12.1 Å². The van der Waals surface area contributed by atoms with Crippen LogP contribution in [0.15, 0.2) is 48.5 Å². The number of imide groups is 1. The Balaban J connectivity index is 1.86. The van der Waals surface area contributed by atoms with Gasteiger partial charge in [0, 0.05) is 17.1 Å². The summed E-state index contributed by atoms with van der Waals surface area (Å²) in [5.74, 6) is -6.16. The van der Waals surface area contributed by atoms with Crippen LogP contribution >= 0.6 is 0 Å². The number of nitrogens with one attached hydrogen (secondary N) is 1. The molecule has 4 atom stereocenters. The Kier molecular flexibility index (Phi) is 6.72. The van der Waals surface area contributed by atoms with Crippen LogP contribution in [0.5, 0.6) is 11.5 Å². The summed E-state index contributed by atoms with van der Waals surface area (Å²) in [6.45, 7) is 5.18. The number of fused-ring (bicyclic) bond motifs is 1. The molecule has 4 unspecified atom stereocenters. The van der Waals surface area contributed by atoms with Crippen molar-refractivity contribution in [3.63, 3.8) is 0 Å². The number of methoxy groups -OCH3 is 1. The molecule has 37 heavy (non-hydrogen) atoms. The molecule has 4 rings (SSSR count). The fourth-order valence-corrected chi connectivity index (χ4v) is 5.43. The van der Waals surface area contributed by atoms with Crippen molar-refractivity contribution in [2.75, 3.05) is 7.11 Å². The number of hydrogen-bond donors (Lipinski definition) is 3. The monoisotopic (exact) mass is 510 g/mol. The number of carbonyl (C=O) groups excluding carboxylic acids is 2. The van der Waals surface area contributed by atoms with Gasteiger partial charge in [-0.05, 0) is 32.4 Å². The average Bonchev–Trinajstić information content (AvgIpc) is 3.31. The lowest BCUT2D eigenvalue weighted by Crippen LogP contribution is -2.58. The van der Waals surface area contributed by atoms with Gasteiger partial charge in [-0.1, -0.05) is 42.5 Å². The summed E-state index contributed by atoms with van der Waals surface area (Å²) in [6.07, 6.45) is -0.888. The zero-order chi connectivity index (χ0) is 27.1. The third-order valence-electron chi connectivity index (χ3n) is 6.93. The van der Waals surface area contributed by atoms with Crippen LogP contribution in [0.25, 0.3) is 0 Å². The number of nitrogens with zero attached hydrogens (tertiary/aromatic N) is 1. The number of carboxylic acid groups (broad SMARTS) is 2. The summed E-state index contributed by atoms with van der Waals surface area (Å²) in [7, 11) is 1.46. The normalized spacial score (nSPS) is 25.2. The molecule has 10 heteroatoms. The summed E-state index contributed by atoms with van der Waals surface area (Å²) >= 11 is 0. The number of aliphatic carboxylic acids is 2. The molecule has 0 aliphatic carbocycles. The number of carbonyl (C=O) groups is 4. The molecule has 2 aliphatic rings. The Labute approximate surface area is 214 Å². The van der Waals surface area contributed by atoms with Crippen LogP contribution in [0.2, 0.25) is 0 Å². The fourth-order valence-electron chi connectivity index (χ4n) is 5.43. The van der Waals surface area contributed by atoms with Gasteiger partial charge in [0.2, 0.25) is 11.8 Å². The van der Waals surface area contributed by atoms with E-state index in [2.05, 4.69) is 5.32 Å². The van der Waals surface area contributed by atoms with Gasteiger partial charge in [-0.15, -0.1) is 0 Å². The molecule has 0 aromatic heterocycles. The van der Waals surface area contributed by atoms with Gasteiger partial charge in [-0.2, -0.15) is 0 Å². The second-order valence-electron chi connectivity index (χ2n) is 10.3. The van der Waals surface area contributed by atoms with Gasteiger partial charge in [-0.25, -0.2) is 0 Å². The Morgan fingerprint density at radius 1 is 1.03 bits per heavy atom. The quantitative estimate of drug-likeness (QED) is 0.457. The van der Waals surface area contributed by atoms with E-state index in [9.17, 15) is 29.4 Å². The first kappa shape index (κ1) is 26.2. The molecule has 2 aromatic carbocycles. The number of carboxylic acids is 2. The van der Waals surface area contributed by atoms with E-state index in [-0.39, 0.29) is 12.4 Å². The highest BCUT2D eigenvalue weighted by atomic mass is 16.5. The SMILES string of the molecule is COc1cccc(C2NC(CC(=O)O)(C(=O)O)C3C(=O)N(C(C)(C)C)C(=O)C23)c1OCc1ccccc1. The van der Waals surface area contributed by atoms with E-state index in [0.717, 1.165) is 10.5 Å². The number of amides is 2. The Morgan fingerprint density at radius 2 is 1.70 bits per heavy atom. The van der Waals surface area contributed by atoms with Crippen molar-refractivity contribution in [1.82, 2.24) is 10.2 Å². The van der Waals surface area contributed by atoms with Crippen LogP contribution < -0.4 is 14.8 Å². The molecule has 0 bridgehead atoms. The van der Waals surface area contributed by atoms with Gasteiger partial charge >= 0.3 is 11.9 Å². The smallest absolute Gasteiger partial charge is 0.325 e. The van der Waals surface area contributed by atoms with Gasteiger partial charge in [0.25, 0.3) is 0 Å². The third kappa shape index (κ3) is 4.42. The summed E-state index contributed by atoms with van der Waals surface area (Å²) in [5, 5.41) is 22.8. The molecule has 2 fully saturated rings. The lowest BCUT2D eigenvalue weighted by molar-refractivity contribution is -0.157. The van der Waals surface area contributed by atoms with Crippen LogP contribution in [0.4, 0.5) is 0 Å². The van der Waals surface area contributed by atoms with Gasteiger partial charge in [-0.3, -0.25) is 29.4 Å². The zero-order valence-corrected chi connectivity index (χ0v) is 21.1. The van der Waals surface area contributed by atoms with Crippen molar-refractivity contribution < 1.29 is 38.9 Å². The van der Waals surface area contributed by atoms with Crippen LogP contribution in [-0.2, 0) is 25.8 Å². The molecule has 196 valence electrons. The number of rotatable bonds is 8. The Morgan fingerprint density at radius 3 is 2.27 bits per heavy atom. The lowest BCUT2D eigenvalue weighted by atomic mass is 9.77. The van der Waals surface area contributed by atoms with E-state index in [1.165, 1.54) is 7.11 Å². The maximum absolute atomic E-state index is 13.7. The standard InChI is InChI=1S/C27H30N2O8/c1-26(2,3)29-23(32)19-20(24(29)33)27(25(34)35,13-18(30)31)28-21(19)16-11-8-12-17(36-4)22(16)37-14-15-9-6-5-7-10-15/h5-12,19-21,28H,13-14H2,1-4H3,(H,30,31)(H,34,35). The molecule has 3 N–H and O–H groups in total. The first-order chi connectivity index (χ1) is 17.4. The fraction of sp³-hybridized carbons (Fsp3) is 0.407. The van der Waals surface area contributed by atoms with Crippen molar-refractivity contribution in [3.05, 3.63) is 59.7 Å². The van der Waals surface area contributed by atoms with E-state index < -0.39 is 59.1 Å². The second kappa shape index (κ2) is 9.51. The molecule has 2 heterocycles. The van der Waals surface area contributed by atoms with E-state index in [1.807, 2.05) is 30.3 Å². The number of ether oxygens (including phenoxy) is 2. The van der Waals surface area contributed by atoms with Crippen molar-refractivity contribution >= 4 is 23.8 Å². The van der Waals surface area contributed by atoms with Gasteiger partial charge in [0.05, 0.1) is 25.4 Å². The van der Waals surface area contributed by atoms with Crippen LogP contribution in [0.1, 0.15) is 44.4 Å². The first-order valence-corrected chi connectivity index (χ1v) is 11.9. The molecule has 2 amide bonds. The highest BCUT2D eigenvalue weighted by Crippen LogP contribution is 2.53. The van der Waals surface area contributed by atoms with Gasteiger partial charge in [0.15, 0.2) is 11.5 Å². The minimum atomic E-state index is -2.20. The molecule has 2 aliphatic heterocycles. The minimum Gasteiger partial charge on any atom is -0.493 e. The number of benzene rings is 2. The van der Waals surface area contributed by atoms with Crippen LogP contribution in [0, 0.1) is 11.8 Å². The van der Waals surface area contributed by atoms with E-state index in [0.29, 0.717) is 11.3 Å². The maximum Gasteiger partial charge on any atom is 0.325 e. The average molecular weight is 511 g/mol. The van der Waals surface area contributed by atoms with E-state index >= 15 is 0 Å². The van der Waals surface area contributed by atoms with Crippen molar-refractivity contribution in [2.45, 2.75) is 50.9 Å². The molecular weight excluding hydrogens is 480 g/mol. The summed E-state index contributed by atoms with van der Waals surface area (Å²) in [4.78, 5) is 52.8. The largest absolute Gasteiger partial charge is 0.493 e. The number of hydrogen-bond acceptors (Lipinski definition) is 7. The van der Waals surface area contributed by atoms with Crippen LogP contribution in [-0.4, -0.2) is 57.1 Å². The molecule has 10 nitrogen and oxygen atoms in total. The van der Waals surface area contributed by atoms with Crippen molar-refractivity contribution in [3.8, 4) is 11.5 Å². The Hall–Kier alpha value is -3.92. The summed E-state index contributed by atoms with van der Waals surface area (Å²) in [6, 6.07) is 13.3. The summed E-state index contributed by atoms with van der Waals surface area (Å²) < 4.78 is 11.6. The maximum atomic E-state index is 13.7. The highest BCUT2D eigenvalue weighted by molar-refractivity contribution is 6.10. The van der Waals surface area contributed by atoms with E-state index in [1.54, 1.807) is 39.0 Å². The zero-order valence-electron chi connectivity index (χ0n) is 21.1. The second-order valence-corrected chi connectivity index (χ2v) is 10.3. The van der Waals surface area contributed by atoms with Crippen molar-refractivity contribution in [2.24, 2.45) is 11.8 Å². The predicted octanol–water partition coefficient (Wildman–Crippen LogP) is 2.62. The molecule has 2 aromatic rings. The van der Waals surface area contributed by atoms with Gasteiger partial charge < -0.3 is 19.7 Å². The first-order valence-electron chi connectivity index (χ1n) is 11.9. The summed E-state index contributed by atoms with van der Waals surface area (Å²) in [5.41, 5.74) is -1.87. The minimum absolute atomic E-state index is 0.162. The molecule has 0 saturated carbocycles. The van der Waals surface area contributed by atoms with E-state index in [4.69, 9.17) is 9.47 Å². The molecule has 0 spiro atoms. The lowest BCUT2D eigenvalue weighted by Gasteiger charge is -2.35. The molecule has 2 saturated heterocycles. The molecular formula is C27H30N2O8. The Bertz CT molecular complexity index is 1240. The number of para-hydroxylation sites is 1. The topological polar surface area (TPSA) is 142 Å². The number of likely N-dealkylation sites (tertiary alicyclic amines) is 1. The van der Waals surface area contributed by atoms with Crippen molar-refractivity contribution in [1.29, 1.82) is 0 Å². The molecule has 0 radical (unpaired) electrons. The highest BCUT2D eigenvalue weighted by Gasteiger charge is 2.70. The third-order valence-corrected chi connectivity index (χ3v) is 6.93. The van der Waals surface area contributed by atoms with Crippen LogP contribution in [0.3, 0.4) is 0 Å². The predicted molar refractivity (Wildman–Crippen MR) is 131 cm³/mol.